The van der Waals surface area contributed by atoms with Crippen molar-refractivity contribution < 1.29 is 23.9 Å². The Bertz CT molecular complexity index is 1050. The monoisotopic (exact) mass is 465 g/mol. The zero-order chi connectivity index (χ0) is 24.1. The standard InChI is InChI=1S/C26H31N3O5/c1-18-5-10-21-22(16-18)26(32)29(25(21)31)11-3-4-24(30)27-17-23(28-12-14-34-15-13-28)19-6-8-20(33-2)9-7-19/h5-10,16,23H,3-4,11-15,17H2,1-2H3,(H,27,30)/t23-/m0/s1. The second kappa shape index (κ2) is 10.8. The number of ether oxygens (including phenoxy) is 2. The van der Waals surface area contributed by atoms with Gasteiger partial charge in [-0.05, 0) is 43.2 Å². The lowest BCUT2D eigenvalue weighted by atomic mass is 10.0. The van der Waals surface area contributed by atoms with Gasteiger partial charge in [0.1, 0.15) is 5.75 Å². The van der Waals surface area contributed by atoms with E-state index in [1.54, 1.807) is 19.2 Å². The number of hydrogen-bond donors (Lipinski definition) is 1. The van der Waals surface area contributed by atoms with Crippen LogP contribution in [0.15, 0.2) is 42.5 Å². The summed E-state index contributed by atoms with van der Waals surface area (Å²) < 4.78 is 10.8. The number of benzene rings is 2. The number of nitrogens with zero attached hydrogens (tertiary/aromatic N) is 2. The number of imide groups is 1. The van der Waals surface area contributed by atoms with Crippen molar-refractivity contribution in [2.75, 3.05) is 46.5 Å². The molecular weight excluding hydrogens is 434 g/mol. The average molecular weight is 466 g/mol. The molecule has 2 aromatic carbocycles. The quantitative estimate of drug-likeness (QED) is 0.573. The molecule has 3 amide bonds. The number of nitrogens with one attached hydrogen (secondary N) is 1. The van der Waals surface area contributed by atoms with Crippen LogP contribution in [0.25, 0.3) is 0 Å². The number of carbonyl (C=O) groups excluding carboxylic acids is 3. The first kappa shape index (κ1) is 23.9. The minimum atomic E-state index is -0.285. The highest BCUT2D eigenvalue weighted by atomic mass is 16.5. The molecule has 1 atom stereocenters. The van der Waals surface area contributed by atoms with Crippen molar-refractivity contribution in [1.82, 2.24) is 15.1 Å². The van der Waals surface area contributed by atoms with Crippen LogP contribution in [-0.2, 0) is 9.53 Å². The highest BCUT2D eigenvalue weighted by Crippen LogP contribution is 2.25. The number of rotatable bonds is 9. The summed E-state index contributed by atoms with van der Waals surface area (Å²) in [7, 11) is 1.64. The van der Waals surface area contributed by atoms with Crippen molar-refractivity contribution in [3.63, 3.8) is 0 Å². The van der Waals surface area contributed by atoms with Crippen molar-refractivity contribution in [1.29, 1.82) is 0 Å². The molecule has 8 nitrogen and oxygen atoms in total. The maximum atomic E-state index is 12.6. The maximum Gasteiger partial charge on any atom is 0.261 e. The number of methoxy groups -OCH3 is 1. The lowest BCUT2D eigenvalue weighted by molar-refractivity contribution is -0.121. The molecule has 8 heteroatoms. The van der Waals surface area contributed by atoms with Crippen molar-refractivity contribution in [3.05, 3.63) is 64.7 Å². The Morgan fingerprint density at radius 3 is 2.47 bits per heavy atom. The summed E-state index contributed by atoms with van der Waals surface area (Å²) >= 11 is 0. The Balaban J connectivity index is 1.31. The third-order valence-corrected chi connectivity index (χ3v) is 6.39. The van der Waals surface area contributed by atoms with Gasteiger partial charge in [-0.1, -0.05) is 23.8 Å². The second-order valence-electron chi connectivity index (χ2n) is 8.66. The van der Waals surface area contributed by atoms with Gasteiger partial charge in [0.05, 0.1) is 37.5 Å². The molecule has 0 radical (unpaired) electrons. The zero-order valence-electron chi connectivity index (χ0n) is 19.7. The van der Waals surface area contributed by atoms with Gasteiger partial charge >= 0.3 is 0 Å². The highest BCUT2D eigenvalue weighted by Gasteiger charge is 2.35. The van der Waals surface area contributed by atoms with E-state index in [9.17, 15) is 14.4 Å². The van der Waals surface area contributed by atoms with Crippen molar-refractivity contribution in [3.8, 4) is 5.75 Å². The first-order valence-electron chi connectivity index (χ1n) is 11.7. The van der Waals surface area contributed by atoms with Gasteiger partial charge in [0.2, 0.25) is 5.91 Å². The molecule has 0 aromatic heterocycles. The molecule has 0 spiro atoms. The molecule has 0 aliphatic carbocycles. The largest absolute Gasteiger partial charge is 0.497 e. The number of fused-ring (bicyclic) bond motifs is 1. The topological polar surface area (TPSA) is 88.2 Å². The fourth-order valence-electron chi connectivity index (χ4n) is 4.48. The molecule has 2 heterocycles. The number of hydrogen-bond acceptors (Lipinski definition) is 6. The Kier molecular flexibility index (Phi) is 7.59. The van der Waals surface area contributed by atoms with Crippen LogP contribution >= 0.6 is 0 Å². The molecule has 1 saturated heterocycles. The normalized spacial score (nSPS) is 16.9. The van der Waals surface area contributed by atoms with E-state index in [1.807, 2.05) is 37.3 Å². The van der Waals surface area contributed by atoms with E-state index >= 15 is 0 Å². The fourth-order valence-corrected chi connectivity index (χ4v) is 4.48. The van der Waals surface area contributed by atoms with Crippen LogP contribution in [-0.4, -0.2) is 74.0 Å². The van der Waals surface area contributed by atoms with E-state index in [0.717, 1.165) is 30.0 Å². The van der Waals surface area contributed by atoms with Gasteiger partial charge in [0.25, 0.3) is 11.8 Å². The Hall–Kier alpha value is -3.23. The van der Waals surface area contributed by atoms with Crippen LogP contribution in [0.5, 0.6) is 5.75 Å². The molecule has 1 fully saturated rings. The van der Waals surface area contributed by atoms with Crippen LogP contribution in [0, 0.1) is 6.92 Å². The maximum absolute atomic E-state index is 12.6. The van der Waals surface area contributed by atoms with E-state index < -0.39 is 0 Å². The lowest BCUT2D eigenvalue weighted by Crippen LogP contribution is -2.43. The van der Waals surface area contributed by atoms with Crippen molar-refractivity contribution in [2.45, 2.75) is 25.8 Å². The van der Waals surface area contributed by atoms with E-state index in [1.165, 1.54) is 4.90 Å². The summed E-state index contributed by atoms with van der Waals surface area (Å²) in [5.41, 5.74) is 2.92. The minimum Gasteiger partial charge on any atom is -0.497 e. The number of morpholine rings is 1. The van der Waals surface area contributed by atoms with Crippen molar-refractivity contribution >= 4 is 17.7 Å². The van der Waals surface area contributed by atoms with Crippen LogP contribution in [0.4, 0.5) is 0 Å². The highest BCUT2D eigenvalue weighted by molar-refractivity contribution is 6.21. The molecular formula is C26H31N3O5. The lowest BCUT2D eigenvalue weighted by Gasteiger charge is -2.35. The fraction of sp³-hybridized carbons (Fsp3) is 0.423. The van der Waals surface area contributed by atoms with Crippen LogP contribution in [0.2, 0.25) is 0 Å². The smallest absolute Gasteiger partial charge is 0.261 e. The number of amides is 3. The molecule has 4 rings (SSSR count). The van der Waals surface area contributed by atoms with Gasteiger partial charge in [-0.15, -0.1) is 0 Å². The minimum absolute atomic E-state index is 0.0261. The van der Waals surface area contributed by atoms with Crippen LogP contribution in [0.1, 0.15) is 50.7 Å². The summed E-state index contributed by atoms with van der Waals surface area (Å²) in [5.74, 6) is 0.124. The van der Waals surface area contributed by atoms with Crippen LogP contribution in [0.3, 0.4) is 0 Å². The first-order valence-corrected chi connectivity index (χ1v) is 11.7. The Labute approximate surface area is 199 Å². The predicted octanol–water partition coefficient (Wildman–Crippen LogP) is 2.57. The molecule has 2 aliphatic rings. The number of carbonyl (C=O) groups is 3. The van der Waals surface area contributed by atoms with Gasteiger partial charge in [0.15, 0.2) is 0 Å². The van der Waals surface area contributed by atoms with Crippen molar-refractivity contribution in [2.24, 2.45) is 0 Å². The summed E-state index contributed by atoms with van der Waals surface area (Å²) in [5, 5.41) is 3.04. The van der Waals surface area contributed by atoms with Crippen LogP contribution < -0.4 is 10.1 Å². The molecule has 2 aromatic rings. The third-order valence-electron chi connectivity index (χ3n) is 6.39. The molecule has 0 bridgehead atoms. The summed E-state index contributed by atoms with van der Waals surface area (Å²) in [6, 6.07) is 13.2. The number of aryl methyl sites for hydroxylation is 1. The van der Waals surface area contributed by atoms with Gasteiger partial charge in [0, 0.05) is 32.6 Å². The molecule has 1 N–H and O–H groups in total. The van der Waals surface area contributed by atoms with Gasteiger partial charge < -0.3 is 14.8 Å². The summed E-state index contributed by atoms with van der Waals surface area (Å²) in [6.07, 6.45) is 0.659. The Morgan fingerprint density at radius 2 is 1.76 bits per heavy atom. The zero-order valence-corrected chi connectivity index (χ0v) is 19.7. The van der Waals surface area contributed by atoms with Gasteiger partial charge in [-0.25, -0.2) is 0 Å². The molecule has 180 valence electrons. The third kappa shape index (κ3) is 5.29. The van der Waals surface area contributed by atoms with E-state index in [-0.39, 0.29) is 36.7 Å². The molecule has 0 saturated carbocycles. The van der Waals surface area contributed by atoms with E-state index in [2.05, 4.69) is 10.2 Å². The summed E-state index contributed by atoms with van der Waals surface area (Å²) in [6.45, 7) is 5.52. The van der Waals surface area contributed by atoms with Gasteiger partial charge in [-0.3, -0.25) is 24.2 Å². The first-order chi connectivity index (χ1) is 16.5. The van der Waals surface area contributed by atoms with E-state index in [4.69, 9.17) is 9.47 Å². The van der Waals surface area contributed by atoms with E-state index in [0.29, 0.717) is 37.3 Å². The molecule has 34 heavy (non-hydrogen) atoms. The molecule has 2 aliphatic heterocycles. The predicted molar refractivity (Wildman–Crippen MR) is 127 cm³/mol. The molecule has 0 unspecified atom stereocenters. The second-order valence-corrected chi connectivity index (χ2v) is 8.66. The van der Waals surface area contributed by atoms with Gasteiger partial charge in [-0.2, -0.15) is 0 Å². The summed E-state index contributed by atoms with van der Waals surface area (Å²) in [4.78, 5) is 41.3. The average Bonchev–Trinajstić information content (AvgIpc) is 3.09. The Morgan fingerprint density at radius 1 is 1.06 bits per heavy atom. The SMILES string of the molecule is COc1ccc([C@H](CNC(=O)CCCN2C(=O)c3ccc(C)cc3C2=O)N2CCOCC2)cc1.